The van der Waals surface area contributed by atoms with Crippen molar-refractivity contribution in [3.8, 4) is 0 Å². The summed E-state index contributed by atoms with van der Waals surface area (Å²) in [4.78, 5) is 4.28. The van der Waals surface area contributed by atoms with Gasteiger partial charge in [0.05, 0.1) is 11.2 Å². The molecule has 0 fully saturated rings. The maximum absolute atomic E-state index is 4.28. The van der Waals surface area contributed by atoms with Crippen molar-refractivity contribution >= 4 is 23.1 Å². The highest BCUT2D eigenvalue weighted by Gasteiger charge is 2.05. The molecule has 1 heterocycles. The molecule has 0 aromatic carbocycles. The van der Waals surface area contributed by atoms with Crippen molar-refractivity contribution in [1.82, 2.24) is 4.98 Å². The van der Waals surface area contributed by atoms with Gasteiger partial charge in [0.15, 0.2) is 0 Å². The van der Waals surface area contributed by atoms with Crippen LogP contribution in [0, 0.1) is 0 Å². The number of rotatable bonds is 4. The second kappa shape index (κ2) is 4.78. The van der Waals surface area contributed by atoms with E-state index in [4.69, 9.17) is 0 Å². The lowest BCUT2D eigenvalue weighted by Crippen LogP contribution is -1.94. The third kappa shape index (κ3) is 2.83. The smallest absolute Gasteiger partial charge is 0.0794 e. The molecule has 11 heavy (non-hydrogen) atoms. The molecule has 3 heteroatoms. The lowest BCUT2D eigenvalue weighted by Gasteiger charge is -2.05. The number of aromatic nitrogens is 1. The van der Waals surface area contributed by atoms with Crippen molar-refractivity contribution < 1.29 is 0 Å². The van der Waals surface area contributed by atoms with Gasteiger partial charge in [-0.3, -0.25) is 0 Å². The third-order valence-electron chi connectivity index (χ3n) is 1.71. The monoisotopic (exact) mass is 187 g/mol. The normalized spacial score (nSPS) is 13.3. The van der Waals surface area contributed by atoms with E-state index < -0.39 is 0 Å². The molecule has 0 amide bonds. The topological polar surface area (TPSA) is 12.9 Å². The van der Waals surface area contributed by atoms with E-state index in [1.165, 1.54) is 17.9 Å². The Morgan fingerprint density at radius 3 is 3.09 bits per heavy atom. The molecule has 1 nitrogen and oxygen atoms in total. The second-order valence-corrected chi connectivity index (χ2v) is 4.30. The van der Waals surface area contributed by atoms with E-state index in [9.17, 15) is 0 Å². The van der Waals surface area contributed by atoms with Gasteiger partial charge in [-0.1, -0.05) is 6.92 Å². The summed E-state index contributed by atoms with van der Waals surface area (Å²) in [5.74, 6) is 1.87. The summed E-state index contributed by atoms with van der Waals surface area (Å²) < 4.78 is 0. The number of thioether (sulfide) groups is 1. The molecule has 1 aromatic heterocycles. The fourth-order valence-electron chi connectivity index (χ4n) is 0.908. The van der Waals surface area contributed by atoms with Crippen LogP contribution in [0.25, 0.3) is 0 Å². The molecule has 1 atom stereocenters. The van der Waals surface area contributed by atoms with Crippen LogP contribution < -0.4 is 0 Å². The van der Waals surface area contributed by atoms with Crippen LogP contribution in [0.5, 0.6) is 0 Å². The molecule has 1 aromatic rings. The Morgan fingerprint density at radius 2 is 2.55 bits per heavy atom. The quantitative estimate of drug-likeness (QED) is 0.718. The van der Waals surface area contributed by atoms with Crippen LogP contribution >= 0.6 is 23.1 Å². The minimum absolute atomic E-state index is 0.633. The third-order valence-corrected chi connectivity index (χ3v) is 2.96. The van der Waals surface area contributed by atoms with Crippen LogP contribution in [-0.4, -0.2) is 17.0 Å². The minimum atomic E-state index is 0.633. The van der Waals surface area contributed by atoms with Crippen molar-refractivity contribution in [3.05, 3.63) is 16.6 Å². The van der Waals surface area contributed by atoms with Crippen molar-refractivity contribution in [3.63, 3.8) is 0 Å². The van der Waals surface area contributed by atoms with Crippen LogP contribution in [0.3, 0.4) is 0 Å². The standard InChI is InChI=1S/C8H13NS2/c1-7(3-4-10-2)8-5-11-6-9-8/h5-7H,3-4H2,1-2H3. The number of hydrogen-bond donors (Lipinski definition) is 0. The number of nitrogens with zero attached hydrogens (tertiary/aromatic N) is 1. The molecule has 0 radical (unpaired) electrons. The van der Waals surface area contributed by atoms with Gasteiger partial charge in [0.2, 0.25) is 0 Å². The summed E-state index contributed by atoms with van der Waals surface area (Å²) in [6.07, 6.45) is 3.39. The summed E-state index contributed by atoms with van der Waals surface area (Å²) in [5, 5.41) is 2.14. The van der Waals surface area contributed by atoms with E-state index in [0.717, 1.165) is 0 Å². The fraction of sp³-hybridized carbons (Fsp3) is 0.625. The SMILES string of the molecule is CSCCC(C)c1cscn1. The average Bonchev–Trinajstić information content (AvgIpc) is 2.52. The zero-order chi connectivity index (χ0) is 8.10. The highest BCUT2D eigenvalue weighted by molar-refractivity contribution is 7.98. The molecule has 0 bridgehead atoms. The van der Waals surface area contributed by atoms with Crippen LogP contribution in [0.2, 0.25) is 0 Å². The van der Waals surface area contributed by atoms with Crippen LogP contribution in [0.1, 0.15) is 25.0 Å². The van der Waals surface area contributed by atoms with Crippen LogP contribution in [0.4, 0.5) is 0 Å². The first-order valence-corrected chi connectivity index (χ1v) is 6.05. The van der Waals surface area contributed by atoms with Crippen molar-refractivity contribution in [2.45, 2.75) is 19.3 Å². The molecule has 0 saturated heterocycles. The molecule has 62 valence electrons. The molecular weight excluding hydrogens is 174 g/mol. The zero-order valence-corrected chi connectivity index (χ0v) is 8.54. The molecule has 0 aliphatic carbocycles. The van der Waals surface area contributed by atoms with E-state index in [1.54, 1.807) is 11.3 Å². The maximum Gasteiger partial charge on any atom is 0.0794 e. The molecule has 1 unspecified atom stereocenters. The van der Waals surface area contributed by atoms with Gasteiger partial charge in [-0.25, -0.2) is 4.98 Å². The van der Waals surface area contributed by atoms with Crippen LogP contribution in [0.15, 0.2) is 10.9 Å². The first-order chi connectivity index (χ1) is 5.34. The van der Waals surface area contributed by atoms with E-state index in [0.29, 0.717) is 5.92 Å². The van der Waals surface area contributed by atoms with Gasteiger partial charge in [-0.15, -0.1) is 11.3 Å². The summed E-state index contributed by atoms with van der Waals surface area (Å²) in [6.45, 7) is 2.24. The first kappa shape index (κ1) is 9.07. The molecule has 0 aliphatic rings. The van der Waals surface area contributed by atoms with Crippen molar-refractivity contribution in [2.75, 3.05) is 12.0 Å². The van der Waals surface area contributed by atoms with Gasteiger partial charge in [-0.05, 0) is 24.3 Å². The lowest BCUT2D eigenvalue weighted by atomic mass is 10.1. The number of hydrogen-bond acceptors (Lipinski definition) is 3. The van der Waals surface area contributed by atoms with Crippen molar-refractivity contribution in [2.24, 2.45) is 0 Å². The predicted molar refractivity (Wildman–Crippen MR) is 53.5 cm³/mol. The number of thiazole rings is 1. The highest BCUT2D eigenvalue weighted by Crippen LogP contribution is 2.19. The molecule has 0 N–H and O–H groups in total. The van der Waals surface area contributed by atoms with Gasteiger partial charge in [0, 0.05) is 5.38 Å². The van der Waals surface area contributed by atoms with Crippen LogP contribution in [-0.2, 0) is 0 Å². The second-order valence-electron chi connectivity index (χ2n) is 2.60. The average molecular weight is 187 g/mol. The van der Waals surface area contributed by atoms with E-state index >= 15 is 0 Å². The maximum atomic E-state index is 4.28. The lowest BCUT2D eigenvalue weighted by molar-refractivity contribution is 0.721. The largest absolute Gasteiger partial charge is 0.249 e. The Balaban J connectivity index is 2.36. The predicted octanol–water partition coefficient (Wildman–Crippen LogP) is 3.00. The Hall–Kier alpha value is -0.0200. The molecule has 0 spiro atoms. The Labute approximate surface area is 76.2 Å². The highest BCUT2D eigenvalue weighted by atomic mass is 32.2. The first-order valence-electron chi connectivity index (χ1n) is 3.71. The Kier molecular flexibility index (Phi) is 3.94. The van der Waals surface area contributed by atoms with Gasteiger partial charge < -0.3 is 0 Å². The van der Waals surface area contributed by atoms with E-state index in [1.807, 2.05) is 17.3 Å². The van der Waals surface area contributed by atoms with Gasteiger partial charge >= 0.3 is 0 Å². The Bertz CT molecular complexity index is 184. The van der Waals surface area contributed by atoms with E-state index in [2.05, 4.69) is 23.5 Å². The summed E-state index contributed by atoms with van der Waals surface area (Å²) in [6, 6.07) is 0. The van der Waals surface area contributed by atoms with E-state index in [-0.39, 0.29) is 0 Å². The summed E-state index contributed by atoms with van der Waals surface area (Å²) in [5.41, 5.74) is 3.16. The van der Waals surface area contributed by atoms with Gasteiger partial charge in [0.25, 0.3) is 0 Å². The molecule has 0 saturated carbocycles. The molecular formula is C8H13NS2. The van der Waals surface area contributed by atoms with Gasteiger partial charge in [0.1, 0.15) is 0 Å². The van der Waals surface area contributed by atoms with Crippen molar-refractivity contribution in [1.29, 1.82) is 0 Å². The van der Waals surface area contributed by atoms with Gasteiger partial charge in [-0.2, -0.15) is 11.8 Å². The Morgan fingerprint density at radius 1 is 1.73 bits per heavy atom. The molecule has 1 rings (SSSR count). The fourth-order valence-corrected chi connectivity index (χ4v) is 2.17. The summed E-state index contributed by atoms with van der Waals surface area (Å²) in [7, 11) is 0. The zero-order valence-electron chi connectivity index (χ0n) is 6.91. The summed E-state index contributed by atoms with van der Waals surface area (Å²) >= 11 is 3.59. The minimum Gasteiger partial charge on any atom is -0.249 e. The molecule has 0 aliphatic heterocycles.